The minimum Gasteiger partial charge on any atom is -0.366 e. The molecular weight excluding hydrogens is 490 g/mol. The van der Waals surface area contributed by atoms with Gasteiger partial charge in [0, 0.05) is 11.6 Å². The van der Waals surface area contributed by atoms with E-state index in [2.05, 4.69) is 30.1 Å². The number of hydrogen-bond acceptors (Lipinski definition) is 7. The summed E-state index contributed by atoms with van der Waals surface area (Å²) in [6.07, 6.45) is 10.0. The number of halogens is 1. The molecule has 4 aliphatic carbocycles. The molecule has 2 aromatic heterocycles. The van der Waals surface area contributed by atoms with Gasteiger partial charge in [0.1, 0.15) is 6.33 Å². The molecule has 2 heterocycles. The SMILES string of the molecule is O=C(Nc1ccc(S(=O)(=O)[N-]c2ncccn2)cc1)C12CC3CC(C1)CC(n1cnc(Cl)n1)(C3)C2. The number of carbonyl (C=O) groups excluding carboxylic acids is 1. The minimum absolute atomic E-state index is 0.000213. The normalized spacial score (nSPS) is 29.2. The Morgan fingerprint density at radius 3 is 2.37 bits per heavy atom. The third-order valence-electron chi connectivity index (χ3n) is 7.63. The average Bonchev–Trinajstić information content (AvgIpc) is 3.26. The fraction of sp³-hybridized carbons (Fsp3) is 0.435. The van der Waals surface area contributed by atoms with Gasteiger partial charge in [-0.1, -0.05) is 6.07 Å². The molecule has 4 aliphatic rings. The smallest absolute Gasteiger partial charge is 0.242 e. The largest absolute Gasteiger partial charge is 0.366 e. The maximum Gasteiger partial charge on any atom is 0.242 e. The van der Waals surface area contributed by atoms with Crippen molar-refractivity contribution >= 4 is 39.2 Å². The minimum atomic E-state index is -3.97. The first-order chi connectivity index (χ1) is 16.8. The van der Waals surface area contributed by atoms with Crippen LogP contribution in [-0.2, 0) is 20.4 Å². The highest BCUT2D eigenvalue weighted by atomic mass is 35.5. The molecule has 35 heavy (non-hydrogen) atoms. The quantitative estimate of drug-likeness (QED) is 0.526. The number of rotatable bonds is 6. The first kappa shape index (κ1) is 22.4. The summed E-state index contributed by atoms with van der Waals surface area (Å²) in [6.45, 7) is 0. The highest BCUT2D eigenvalue weighted by Gasteiger charge is 2.61. The zero-order chi connectivity index (χ0) is 24.3. The molecule has 1 amide bonds. The standard InChI is InChI=1S/C23H24ClN7O3S/c24-20-27-14-31(29-20)23-11-15-8-16(12-23)10-22(9-15,13-23)19(32)28-17-2-4-18(5-3-17)35(33,34)30-21-25-6-1-7-26-21/h1-7,14-16H,8-13H2,(H2,25,26,28,30,32)/p-1. The second-order valence-corrected chi connectivity index (χ2v) is 12.0. The monoisotopic (exact) mass is 512 g/mol. The molecule has 0 radical (unpaired) electrons. The van der Waals surface area contributed by atoms with Crippen LogP contribution >= 0.6 is 11.6 Å². The number of sulfonamides is 1. The zero-order valence-electron chi connectivity index (χ0n) is 18.7. The molecular formula is C23H23ClN7O3S-. The van der Waals surface area contributed by atoms with Gasteiger partial charge in [-0.05, 0) is 98.6 Å². The van der Waals surface area contributed by atoms with E-state index in [1.807, 2.05) is 4.68 Å². The van der Waals surface area contributed by atoms with Crippen LogP contribution in [0.5, 0.6) is 0 Å². The fourth-order valence-corrected chi connectivity index (χ4v) is 7.71. The van der Waals surface area contributed by atoms with Crippen LogP contribution in [0.25, 0.3) is 4.72 Å². The van der Waals surface area contributed by atoms with Gasteiger partial charge in [0.05, 0.1) is 15.8 Å². The Labute approximate surface area is 207 Å². The maximum atomic E-state index is 13.6. The molecule has 2 unspecified atom stereocenters. The Morgan fingerprint density at radius 1 is 1.06 bits per heavy atom. The summed E-state index contributed by atoms with van der Waals surface area (Å²) in [5.41, 5.74) is -0.188. The number of aromatic nitrogens is 5. The fourth-order valence-electron chi connectivity index (χ4n) is 6.69. The highest BCUT2D eigenvalue weighted by Crippen LogP contribution is 2.64. The third-order valence-corrected chi connectivity index (χ3v) is 9.07. The van der Waals surface area contributed by atoms with E-state index < -0.39 is 15.4 Å². The van der Waals surface area contributed by atoms with Crippen LogP contribution < -0.4 is 5.32 Å². The van der Waals surface area contributed by atoms with Gasteiger partial charge in [-0.15, -0.1) is 5.10 Å². The van der Waals surface area contributed by atoms with E-state index in [4.69, 9.17) is 11.6 Å². The van der Waals surface area contributed by atoms with Crippen molar-refractivity contribution in [3.05, 3.63) is 59.1 Å². The summed E-state index contributed by atoms with van der Waals surface area (Å²) >= 11 is 6.02. The lowest BCUT2D eigenvalue weighted by Gasteiger charge is -2.60. The second kappa shape index (κ2) is 7.99. The molecule has 182 valence electrons. The Morgan fingerprint density at radius 2 is 1.74 bits per heavy atom. The summed E-state index contributed by atoms with van der Waals surface area (Å²) in [5, 5.41) is 7.67. The van der Waals surface area contributed by atoms with Crippen molar-refractivity contribution in [2.45, 2.75) is 49.0 Å². The van der Waals surface area contributed by atoms with E-state index in [1.165, 1.54) is 24.5 Å². The van der Waals surface area contributed by atoms with Crippen LogP contribution in [0.2, 0.25) is 5.28 Å². The van der Waals surface area contributed by atoms with Gasteiger partial charge in [0.25, 0.3) is 0 Å². The molecule has 2 atom stereocenters. The Hall–Kier alpha value is -3.05. The topological polar surface area (TPSA) is 134 Å². The van der Waals surface area contributed by atoms with Crippen LogP contribution in [0.4, 0.5) is 11.6 Å². The molecule has 4 saturated carbocycles. The van der Waals surface area contributed by atoms with Crippen LogP contribution in [0, 0.1) is 17.3 Å². The molecule has 7 rings (SSSR count). The summed E-state index contributed by atoms with van der Waals surface area (Å²) in [7, 11) is -3.97. The lowest BCUT2D eigenvalue weighted by molar-refractivity contribution is -0.150. The van der Waals surface area contributed by atoms with Crippen LogP contribution in [0.3, 0.4) is 0 Å². The van der Waals surface area contributed by atoms with Crippen LogP contribution in [0.1, 0.15) is 38.5 Å². The Balaban J connectivity index is 1.20. The average molecular weight is 513 g/mol. The number of amides is 1. The Kier molecular flexibility index (Phi) is 5.12. The summed E-state index contributed by atoms with van der Waals surface area (Å²) < 4.78 is 30.7. The first-order valence-corrected chi connectivity index (χ1v) is 13.3. The van der Waals surface area contributed by atoms with Gasteiger partial charge >= 0.3 is 0 Å². The van der Waals surface area contributed by atoms with Gasteiger partial charge in [-0.25, -0.2) is 18.1 Å². The van der Waals surface area contributed by atoms with Crippen molar-refractivity contribution in [3.8, 4) is 0 Å². The maximum absolute atomic E-state index is 13.6. The lowest BCUT2D eigenvalue weighted by Crippen LogP contribution is -2.60. The summed E-state index contributed by atoms with van der Waals surface area (Å²) in [5.74, 6) is 0.757. The Bertz CT molecular complexity index is 1360. The molecule has 0 saturated heterocycles. The molecule has 12 heteroatoms. The van der Waals surface area contributed by atoms with Crippen molar-refractivity contribution < 1.29 is 13.2 Å². The first-order valence-electron chi connectivity index (χ1n) is 11.5. The summed E-state index contributed by atoms with van der Waals surface area (Å²) in [4.78, 5) is 25.4. The van der Waals surface area contributed by atoms with E-state index in [9.17, 15) is 13.2 Å². The second-order valence-electron chi connectivity index (χ2n) is 10.0. The van der Waals surface area contributed by atoms with Crippen molar-refractivity contribution in [1.82, 2.24) is 24.7 Å². The molecule has 3 aromatic rings. The van der Waals surface area contributed by atoms with E-state index in [0.717, 1.165) is 32.1 Å². The van der Waals surface area contributed by atoms with E-state index in [0.29, 0.717) is 23.9 Å². The number of hydrogen-bond donors (Lipinski definition) is 1. The number of carbonyl (C=O) groups is 1. The van der Waals surface area contributed by atoms with Crippen molar-refractivity contribution in [3.63, 3.8) is 0 Å². The molecule has 10 nitrogen and oxygen atoms in total. The number of nitrogens with zero attached hydrogens (tertiary/aromatic N) is 6. The molecule has 1 aromatic carbocycles. The van der Waals surface area contributed by atoms with E-state index in [1.54, 1.807) is 24.5 Å². The third kappa shape index (κ3) is 3.96. The van der Waals surface area contributed by atoms with E-state index in [-0.39, 0.29) is 27.6 Å². The molecule has 0 spiro atoms. The number of nitrogens with one attached hydrogen (secondary N) is 1. The predicted octanol–water partition coefficient (Wildman–Crippen LogP) is 4.05. The van der Waals surface area contributed by atoms with Gasteiger partial charge in [0.2, 0.25) is 21.2 Å². The van der Waals surface area contributed by atoms with Crippen LogP contribution in [-0.4, -0.2) is 39.1 Å². The summed E-state index contributed by atoms with van der Waals surface area (Å²) in [6, 6.07) is 7.60. The molecule has 0 aliphatic heterocycles. The van der Waals surface area contributed by atoms with Crippen molar-refractivity contribution in [1.29, 1.82) is 0 Å². The highest BCUT2D eigenvalue weighted by molar-refractivity contribution is 7.94. The molecule has 1 N–H and O–H groups in total. The molecule has 4 bridgehead atoms. The predicted molar refractivity (Wildman–Crippen MR) is 127 cm³/mol. The van der Waals surface area contributed by atoms with Gasteiger partial charge in [0.15, 0.2) is 0 Å². The lowest BCUT2D eigenvalue weighted by atomic mass is 9.46. The van der Waals surface area contributed by atoms with Crippen LogP contribution in [0.15, 0.2) is 53.9 Å². The van der Waals surface area contributed by atoms with Crippen molar-refractivity contribution in [2.24, 2.45) is 17.3 Å². The van der Waals surface area contributed by atoms with Crippen molar-refractivity contribution in [2.75, 3.05) is 5.32 Å². The van der Waals surface area contributed by atoms with Gasteiger partial charge < -0.3 is 15.3 Å². The van der Waals surface area contributed by atoms with Gasteiger partial charge in [-0.3, -0.25) is 9.52 Å². The molecule has 4 fully saturated rings. The zero-order valence-corrected chi connectivity index (χ0v) is 20.3. The van der Waals surface area contributed by atoms with Gasteiger partial charge in [-0.2, -0.15) is 0 Å². The number of benzene rings is 1. The van der Waals surface area contributed by atoms with E-state index >= 15 is 0 Å². The number of anilines is 1.